The van der Waals surface area contributed by atoms with Gasteiger partial charge in [0.05, 0.1) is 33.4 Å². The van der Waals surface area contributed by atoms with Gasteiger partial charge in [-0.15, -0.1) is 0 Å². The van der Waals surface area contributed by atoms with Gasteiger partial charge in [0, 0.05) is 32.2 Å². The fraction of sp³-hybridized carbons (Fsp3) is 0.514. The number of benzene rings is 3. The Bertz CT molecular complexity index is 1830. The van der Waals surface area contributed by atoms with Crippen LogP contribution in [0.4, 0.5) is 0 Å². The zero-order valence-corrected chi connectivity index (χ0v) is 30.2. The molecular weight excluding hydrogens is 679 g/mol. The second-order valence-corrected chi connectivity index (χ2v) is 18.1. The molecule has 6 rings (SSSR count). The highest BCUT2D eigenvalue weighted by molar-refractivity contribution is 7.93. The molecule has 272 valence electrons. The van der Waals surface area contributed by atoms with Crippen LogP contribution >= 0.6 is 0 Å². The molecule has 3 aromatic carbocycles. The molecule has 2 atom stereocenters. The van der Waals surface area contributed by atoms with Crippen molar-refractivity contribution >= 4 is 19.9 Å². The molecule has 0 radical (unpaired) electrons. The average molecular weight is 728 g/mol. The summed E-state index contributed by atoms with van der Waals surface area (Å²) in [5, 5.41) is 27.0. The van der Waals surface area contributed by atoms with Crippen molar-refractivity contribution in [1.29, 1.82) is 0 Å². The Morgan fingerprint density at radius 1 is 0.960 bits per heavy atom. The van der Waals surface area contributed by atoms with Gasteiger partial charge in [-0.2, -0.15) is 4.31 Å². The van der Waals surface area contributed by atoms with Crippen molar-refractivity contribution in [2.45, 2.75) is 84.3 Å². The summed E-state index contributed by atoms with van der Waals surface area (Å²) in [6, 6.07) is 21.7. The van der Waals surface area contributed by atoms with Gasteiger partial charge < -0.3 is 30.3 Å². The molecule has 11 nitrogen and oxygen atoms in total. The van der Waals surface area contributed by atoms with Crippen molar-refractivity contribution in [2.24, 2.45) is 0 Å². The van der Waals surface area contributed by atoms with E-state index in [2.05, 4.69) is 17.6 Å². The van der Waals surface area contributed by atoms with Crippen LogP contribution in [0.1, 0.15) is 51.0 Å². The SMILES string of the molecule is CCCNCc1ccc(-c2ccccc2)cc1S(=O)(=O)N1CCC2(CC1)C[C@H](NCC(O)COc1cccc(S(=O)(=O)C3(CO)CC3)c1)CO2. The molecule has 2 saturated heterocycles. The molecule has 3 fully saturated rings. The van der Waals surface area contributed by atoms with Crippen LogP contribution in [0.2, 0.25) is 0 Å². The molecule has 1 aliphatic carbocycles. The minimum absolute atomic E-state index is 0.00622. The van der Waals surface area contributed by atoms with E-state index in [9.17, 15) is 27.0 Å². The van der Waals surface area contributed by atoms with E-state index in [0.717, 1.165) is 29.7 Å². The van der Waals surface area contributed by atoms with Gasteiger partial charge in [0.15, 0.2) is 9.84 Å². The summed E-state index contributed by atoms with van der Waals surface area (Å²) in [5.74, 6) is 0.333. The molecule has 0 bridgehead atoms. The lowest BCUT2D eigenvalue weighted by molar-refractivity contribution is -0.0312. The molecule has 0 amide bonds. The molecule has 1 saturated carbocycles. The van der Waals surface area contributed by atoms with Crippen LogP contribution in [0, 0.1) is 0 Å². The van der Waals surface area contributed by atoms with Gasteiger partial charge in [-0.05, 0) is 86.0 Å². The molecule has 4 N–H and O–H groups in total. The van der Waals surface area contributed by atoms with Crippen molar-refractivity contribution in [3.05, 3.63) is 78.4 Å². The second-order valence-electron chi connectivity index (χ2n) is 13.9. The minimum atomic E-state index is -3.76. The maximum Gasteiger partial charge on any atom is 0.243 e. The number of nitrogens with one attached hydrogen (secondary N) is 2. The number of sulfonamides is 1. The standard InChI is InChI=1S/C37H49N3O8S2/c1-2-17-38-23-30-12-11-29(28-7-4-3-5-8-28)20-35(30)50(45,46)40-18-15-36(16-19-40)22-31(25-48-36)39-24-32(42)26-47-33-9-6-10-34(21-33)49(43,44)37(27-41)13-14-37/h3-12,20-21,31-32,38-39,41-42H,2,13-19,22-27H2,1H3/t31-,32?/m0/s1. The normalized spacial score (nSPS) is 20.9. The molecule has 1 unspecified atom stereocenters. The van der Waals surface area contributed by atoms with Gasteiger partial charge in [-0.25, -0.2) is 16.8 Å². The van der Waals surface area contributed by atoms with Gasteiger partial charge in [-0.3, -0.25) is 0 Å². The maximum absolute atomic E-state index is 14.1. The van der Waals surface area contributed by atoms with Gasteiger partial charge in [-0.1, -0.05) is 55.5 Å². The first kappa shape index (κ1) is 36.9. The topological polar surface area (TPSA) is 154 Å². The molecule has 3 aromatic rings. The van der Waals surface area contributed by atoms with Crippen molar-refractivity contribution in [2.75, 3.05) is 46.0 Å². The molecule has 0 aromatic heterocycles. The average Bonchev–Trinajstić information content (AvgIpc) is 3.86. The lowest BCUT2D eigenvalue weighted by Crippen LogP contribution is -2.47. The summed E-state index contributed by atoms with van der Waals surface area (Å²) in [6.45, 7) is 4.34. The van der Waals surface area contributed by atoms with E-state index in [1.807, 2.05) is 42.5 Å². The monoisotopic (exact) mass is 727 g/mol. The second kappa shape index (κ2) is 15.4. The van der Waals surface area contributed by atoms with Crippen LogP contribution in [0.25, 0.3) is 11.1 Å². The van der Waals surface area contributed by atoms with E-state index in [1.165, 1.54) is 12.1 Å². The van der Waals surface area contributed by atoms with Crippen molar-refractivity contribution in [3.63, 3.8) is 0 Å². The van der Waals surface area contributed by atoms with Crippen LogP contribution in [-0.2, 0) is 31.1 Å². The fourth-order valence-electron chi connectivity index (χ4n) is 6.93. The fourth-order valence-corrected chi connectivity index (χ4v) is 10.5. The van der Waals surface area contributed by atoms with Crippen molar-refractivity contribution < 1.29 is 36.5 Å². The van der Waals surface area contributed by atoms with E-state index in [0.29, 0.717) is 69.0 Å². The van der Waals surface area contributed by atoms with Crippen LogP contribution in [0.3, 0.4) is 0 Å². The van der Waals surface area contributed by atoms with Crippen LogP contribution in [0.15, 0.2) is 82.6 Å². The highest BCUT2D eigenvalue weighted by Crippen LogP contribution is 2.46. The lowest BCUT2D eigenvalue weighted by Gasteiger charge is -2.38. The molecule has 2 heterocycles. The van der Waals surface area contributed by atoms with E-state index in [1.54, 1.807) is 22.5 Å². The van der Waals surface area contributed by atoms with Gasteiger partial charge in [0.1, 0.15) is 18.5 Å². The van der Waals surface area contributed by atoms with Gasteiger partial charge in [0.25, 0.3) is 0 Å². The first-order valence-electron chi connectivity index (χ1n) is 17.5. The summed E-state index contributed by atoms with van der Waals surface area (Å²) < 4.78 is 66.7. The van der Waals surface area contributed by atoms with E-state index >= 15 is 0 Å². The number of aliphatic hydroxyl groups is 2. The van der Waals surface area contributed by atoms with Crippen LogP contribution in [-0.4, -0.2) is 99.8 Å². The largest absolute Gasteiger partial charge is 0.491 e. The zero-order chi connectivity index (χ0) is 35.4. The Morgan fingerprint density at radius 3 is 2.42 bits per heavy atom. The molecule has 3 aliphatic rings. The number of hydrogen-bond donors (Lipinski definition) is 4. The summed E-state index contributed by atoms with van der Waals surface area (Å²) in [7, 11) is -7.43. The van der Waals surface area contributed by atoms with Crippen molar-refractivity contribution in [1.82, 2.24) is 14.9 Å². The Kier molecular flexibility index (Phi) is 11.4. The Balaban J connectivity index is 1.01. The highest BCUT2D eigenvalue weighted by Gasteiger charge is 2.54. The first-order chi connectivity index (χ1) is 24.0. The summed E-state index contributed by atoms with van der Waals surface area (Å²) in [6.07, 6.45) is 2.84. The van der Waals surface area contributed by atoms with Gasteiger partial charge in [0.2, 0.25) is 10.0 Å². The Morgan fingerprint density at radius 2 is 1.72 bits per heavy atom. The smallest absolute Gasteiger partial charge is 0.243 e. The molecule has 50 heavy (non-hydrogen) atoms. The van der Waals surface area contributed by atoms with E-state index in [-0.39, 0.29) is 24.1 Å². The number of rotatable bonds is 16. The molecule has 1 spiro atoms. The Labute approximate surface area is 296 Å². The zero-order valence-electron chi connectivity index (χ0n) is 28.6. The van der Waals surface area contributed by atoms with Gasteiger partial charge >= 0.3 is 0 Å². The predicted molar refractivity (Wildman–Crippen MR) is 191 cm³/mol. The van der Waals surface area contributed by atoms with E-state index < -0.39 is 42.9 Å². The molecule has 13 heteroatoms. The number of hydrogen-bond acceptors (Lipinski definition) is 10. The highest BCUT2D eigenvalue weighted by atomic mass is 32.2. The van der Waals surface area contributed by atoms with E-state index in [4.69, 9.17) is 9.47 Å². The predicted octanol–water partition coefficient (Wildman–Crippen LogP) is 3.49. The third-order valence-corrected chi connectivity index (χ3v) is 14.8. The quantitative estimate of drug-likeness (QED) is 0.161. The minimum Gasteiger partial charge on any atom is -0.491 e. The number of nitrogens with zero attached hydrogens (tertiary/aromatic N) is 1. The third kappa shape index (κ3) is 7.95. The van der Waals surface area contributed by atoms with Crippen molar-refractivity contribution in [3.8, 4) is 16.9 Å². The number of piperidine rings is 1. The first-order valence-corrected chi connectivity index (χ1v) is 20.5. The Hall–Kier alpha value is -2.88. The lowest BCUT2D eigenvalue weighted by atomic mass is 9.88. The summed E-state index contributed by atoms with van der Waals surface area (Å²) in [4.78, 5) is 0.443. The van der Waals surface area contributed by atoms with Crippen LogP contribution in [0.5, 0.6) is 5.75 Å². The maximum atomic E-state index is 14.1. The number of aliphatic hydroxyl groups excluding tert-OH is 2. The van der Waals surface area contributed by atoms with Crippen LogP contribution < -0.4 is 15.4 Å². The molecular formula is C37H49N3O8S2. The third-order valence-electron chi connectivity index (χ3n) is 10.2. The summed E-state index contributed by atoms with van der Waals surface area (Å²) >= 11 is 0. The molecule has 2 aliphatic heterocycles. The summed E-state index contributed by atoms with van der Waals surface area (Å²) in [5.41, 5.74) is 2.16. The number of sulfone groups is 1. The number of ether oxygens (including phenoxy) is 2.